The number of aromatic amines is 1. The van der Waals surface area contributed by atoms with Crippen LogP contribution < -0.4 is 0 Å². The van der Waals surface area contributed by atoms with Gasteiger partial charge in [0.05, 0.1) is 12.3 Å². The molecule has 3 rings (SSSR count). The molecule has 2 unspecified atom stereocenters. The molecule has 0 amide bonds. The minimum atomic E-state index is 0.0329. The van der Waals surface area contributed by atoms with Gasteiger partial charge in [-0.15, -0.1) is 0 Å². The first-order valence-electron chi connectivity index (χ1n) is 5.76. The fourth-order valence-electron chi connectivity index (χ4n) is 2.43. The van der Waals surface area contributed by atoms with Crippen molar-refractivity contribution in [2.24, 2.45) is 0 Å². The number of rotatable bonds is 3. The fourth-order valence-corrected chi connectivity index (χ4v) is 2.74. The van der Waals surface area contributed by atoms with Gasteiger partial charge in [0, 0.05) is 18.2 Å². The highest BCUT2D eigenvalue weighted by atomic mass is 32.1. The summed E-state index contributed by atoms with van der Waals surface area (Å²) in [5.74, 6) is 0.531. The summed E-state index contributed by atoms with van der Waals surface area (Å²) in [7, 11) is 0. The quantitative estimate of drug-likeness (QED) is 0.818. The maximum absolute atomic E-state index is 9.28. The summed E-state index contributed by atoms with van der Waals surface area (Å²) in [6, 6.07) is 10.9. The van der Waals surface area contributed by atoms with Crippen molar-refractivity contribution in [1.29, 1.82) is 0 Å². The third-order valence-electron chi connectivity index (χ3n) is 3.37. The highest BCUT2D eigenvalue weighted by molar-refractivity contribution is 7.71. The minimum absolute atomic E-state index is 0.0329. The Morgan fingerprint density at radius 3 is 2.82 bits per heavy atom. The Labute approximate surface area is 105 Å². The number of benzene rings is 1. The van der Waals surface area contributed by atoms with Gasteiger partial charge in [-0.1, -0.05) is 30.3 Å². The van der Waals surface area contributed by atoms with Crippen molar-refractivity contribution >= 4 is 12.2 Å². The number of hydrogen-bond acceptors (Lipinski definition) is 2. The van der Waals surface area contributed by atoms with Gasteiger partial charge in [0.25, 0.3) is 0 Å². The smallest absolute Gasteiger partial charge is 0.177 e. The lowest BCUT2D eigenvalue weighted by Crippen LogP contribution is -2.01. The van der Waals surface area contributed by atoms with Crippen LogP contribution in [-0.2, 0) is 6.61 Å². The third-order valence-corrected chi connectivity index (χ3v) is 3.68. The van der Waals surface area contributed by atoms with Crippen LogP contribution >= 0.6 is 12.2 Å². The lowest BCUT2D eigenvalue weighted by molar-refractivity contribution is 0.270. The van der Waals surface area contributed by atoms with Crippen LogP contribution in [0.4, 0.5) is 0 Å². The third kappa shape index (κ3) is 1.83. The van der Waals surface area contributed by atoms with E-state index in [1.807, 2.05) is 10.6 Å². The van der Waals surface area contributed by atoms with E-state index >= 15 is 0 Å². The van der Waals surface area contributed by atoms with Gasteiger partial charge >= 0.3 is 0 Å². The first-order chi connectivity index (χ1) is 8.31. The van der Waals surface area contributed by atoms with Crippen LogP contribution in [0.3, 0.4) is 0 Å². The van der Waals surface area contributed by atoms with Gasteiger partial charge < -0.3 is 14.7 Å². The van der Waals surface area contributed by atoms with Crippen molar-refractivity contribution in [2.75, 3.05) is 0 Å². The van der Waals surface area contributed by atoms with Crippen molar-refractivity contribution in [2.45, 2.75) is 25.0 Å². The average Bonchev–Trinajstić information content (AvgIpc) is 3.07. The SMILES string of the molecule is OCc1c[nH]c(=S)n1C1CC1c1ccccc1. The summed E-state index contributed by atoms with van der Waals surface area (Å²) in [4.78, 5) is 3.00. The molecule has 17 heavy (non-hydrogen) atoms. The van der Waals surface area contributed by atoms with E-state index < -0.39 is 0 Å². The van der Waals surface area contributed by atoms with Crippen LogP contribution in [0.25, 0.3) is 0 Å². The zero-order chi connectivity index (χ0) is 11.8. The molecule has 0 saturated heterocycles. The van der Waals surface area contributed by atoms with Crippen molar-refractivity contribution in [3.05, 3.63) is 52.6 Å². The van der Waals surface area contributed by atoms with Gasteiger partial charge in [-0.25, -0.2) is 0 Å². The fraction of sp³-hybridized carbons (Fsp3) is 0.308. The lowest BCUT2D eigenvalue weighted by Gasteiger charge is -2.06. The molecule has 0 aliphatic heterocycles. The Bertz CT molecular complexity index is 573. The van der Waals surface area contributed by atoms with Gasteiger partial charge in [0.1, 0.15) is 0 Å². The number of nitrogens with zero attached hydrogens (tertiary/aromatic N) is 1. The van der Waals surface area contributed by atoms with Crippen molar-refractivity contribution < 1.29 is 5.11 Å². The first kappa shape index (κ1) is 10.7. The highest BCUT2D eigenvalue weighted by Crippen LogP contribution is 2.51. The van der Waals surface area contributed by atoms with E-state index in [0.717, 1.165) is 12.1 Å². The molecule has 3 nitrogen and oxygen atoms in total. The number of aromatic nitrogens is 2. The predicted octanol–water partition coefficient (Wildman–Crippen LogP) is 2.77. The standard InChI is InChI=1S/C13H14N2OS/c16-8-10-7-14-13(17)15(10)12-6-11(12)9-4-2-1-3-5-9/h1-5,7,11-12,16H,6,8H2,(H,14,17). The van der Waals surface area contributed by atoms with E-state index in [1.54, 1.807) is 6.20 Å². The molecule has 0 spiro atoms. The maximum atomic E-state index is 9.28. The topological polar surface area (TPSA) is 40.9 Å². The van der Waals surface area contributed by atoms with Gasteiger partial charge in [-0.2, -0.15) is 0 Å². The van der Waals surface area contributed by atoms with E-state index in [2.05, 4.69) is 29.2 Å². The van der Waals surface area contributed by atoms with Gasteiger partial charge in [0.15, 0.2) is 4.77 Å². The monoisotopic (exact) mass is 246 g/mol. The Hall–Kier alpha value is -1.39. The molecule has 0 radical (unpaired) electrons. The van der Waals surface area contributed by atoms with E-state index in [4.69, 9.17) is 12.2 Å². The summed E-state index contributed by atoms with van der Waals surface area (Å²) >= 11 is 5.25. The number of aliphatic hydroxyl groups excluding tert-OH is 1. The molecular formula is C13H14N2OS. The number of H-pyrrole nitrogens is 1. The molecule has 2 aromatic rings. The second-order valence-corrected chi connectivity index (χ2v) is 4.82. The molecule has 1 heterocycles. The molecule has 1 saturated carbocycles. The number of aliphatic hydroxyl groups is 1. The van der Waals surface area contributed by atoms with Gasteiger partial charge in [-0.3, -0.25) is 0 Å². The van der Waals surface area contributed by atoms with Crippen LogP contribution in [0, 0.1) is 4.77 Å². The Balaban J connectivity index is 1.90. The minimum Gasteiger partial charge on any atom is -0.390 e. The molecule has 1 fully saturated rings. The molecule has 4 heteroatoms. The van der Waals surface area contributed by atoms with Gasteiger partial charge in [0.2, 0.25) is 0 Å². The normalized spacial score (nSPS) is 22.6. The molecule has 1 aromatic carbocycles. The van der Waals surface area contributed by atoms with Crippen LogP contribution in [-0.4, -0.2) is 14.7 Å². The summed E-state index contributed by atoms with van der Waals surface area (Å²) in [6.45, 7) is 0.0329. The molecule has 0 bridgehead atoms. The van der Waals surface area contributed by atoms with Crippen molar-refractivity contribution in [1.82, 2.24) is 9.55 Å². The number of nitrogens with one attached hydrogen (secondary N) is 1. The van der Waals surface area contributed by atoms with Crippen LogP contribution in [0.5, 0.6) is 0 Å². The first-order valence-corrected chi connectivity index (χ1v) is 6.16. The van der Waals surface area contributed by atoms with E-state index in [-0.39, 0.29) is 6.61 Å². The molecule has 88 valence electrons. The zero-order valence-corrected chi connectivity index (χ0v) is 10.2. The Kier molecular flexibility index (Phi) is 2.61. The average molecular weight is 246 g/mol. The second kappa shape index (κ2) is 4.13. The van der Waals surface area contributed by atoms with E-state index in [1.165, 1.54) is 5.56 Å². The zero-order valence-electron chi connectivity index (χ0n) is 9.34. The van der Waals surface area contributed by atoms with Crippen LogP contribution in [0.2, 0.25) is 0 Å². The van der Waals surface area contributed by atoms with Gasteiger partial charge in [-0.05, 0) is 24.2 Å². The Morgan fingerprint density at radius 2 is 2.12 bits per heavy atom. The summed E-state index contributed by atoms with van der Waals surface area (Å²) in [5, 5.41) is 9.28. The second-order valence-electron chi connectivity index (χ2n) is 4.43. The molecule has 2 N–H and O–H groups in total. The molecule has 1 aliphatic rings. The van der Waals surface area contributed by atoms with Crippen LogP contribution in [0.1, 0.15) is 29.6 Å². The highest BCUT2D eigenvalue weighted by Gasteiger charge is 2.40. The van der Waals surface area contributed by atoms with Crippen molar-refractivity contribution in [3.63, 3.8) is 0 Å². The molecule has 2 atom stereocenters. The van der Waals surface area contributed by atoms with Crippen molar-refractivity contribution in [3.8, 4) is 0 Å². The summed E-state index contributed by atoms with van der Waals surface area (Å²) < 4.78 is 2.75. The number of hydrogen-bond donors (Lipinski definition) is 2. The summed E-state index contributed by atoms with van der Waals surface area (Å²) in [6.07, 6.45) is 2.89. The summed E-state index contributed by atoms with van der Waals surface area (Å²) in [5.41, 5.74) is 2.22. The molecule has 1 aliphatic carbocycles. The van der Waals surface area contributed by atoms with E-state index in [0.29, 0.717) is 16.7 Å². The number of imidazole rings is 1. The maximum Gasteiger partial charge on any atom is 0.177 e. The van der Waals surface area contributed by atoms with E-state index in [9.17, 15) is 5.11 Å². The lowest BCUT2D eigenvalue weighted by atomic mass is 10.1. The predicted molar refractivity (Wildman–Crippen MR) is 68.4 cm³/mol. The Morgan fingerprint density at radius 1 is 1.35 bits per heavy atom. The molecule has 1 aromatic heterocycles. The largest absolute Gasteiger partial charge is 0.390 e. The molecular weight excluding hydrogens is 232 g/mol. The van der Waals surface area contributed by atoms with Crippen LogP contribution in [0.15, 0.2) is 36.5 Å².